The summed E-state index contributed by atoms with van der Waals surface area (Å²) >= 11 is 0. The first-order chi connectivity index (χ1) is 9.65. The highest BCUT2D eigenvalue weighted by Crippen LogP contribution is 2.26. The fraction of sp³-hybridized carbons (Fsp3) is 0.462. The predicted octanol–water partition coefficient (Wildman–Crippen LogP) is 2.19. The van der Waals surface area contributed by atoms with Crippen LogP contribution in [0.25, 0.3) is 0 Å². The van der Waals surface area contributed by atoms with Gasteiger partial charge in [-0.15, -0.1) is 0 Å². The van der Waals surface area contributed by atoms with Crippen molar-refractivity contribution < 1.29 is 14.1 Å². The average Bonchev–Trinajstić information content (AvgIpc) is 2.36. The van der Waals surface area contributed by atoms with E-state index in [-0.39, 0.29) is 16.7 Å². The largest absolute Gasteiger partial charge is 0.352 e. The van der Waals surface area contributed by atoms with Crippen molar-refractivity contribution in [1.82, 2.24) is 5.32 Å². The van der Waals surface area contributed by atoms with E-state index in [1.807, 2.05) is 20.8 Å². The van der Waals surface area contributed by atoms with Gasteiger partial charge in [-0.3, -0.25) is 20.8 Å². The Morgan fingerprint density at radius 2 is 2.05 bits per heavy atom. The number of carbonyl (C=O) groups is 1. The molecule has 0 spiro atoms. The van der Waals surface area contributed by atoms with Gasteiger partial charge < -0.3 is 10.7 Å². The van der Waals surface area contributed by atoms with E-state index in [1.165, 1.54) is 0 Å². The monoisotopic (exact) mass is 298 g/mol. The summed E-state index contributed by atoms with van der Waals surface area (Å²) in [5.41, 5.74) is 1.07. The first-order valence-electron chi connectivity index (χ1n) is 6.38. The summed E-state index contributed by atoms with van der Waals surface area (Å²) in [5, 5.41) is 13.5. The van der Waals surface area contributed by atoms with Crippen LogP contribution in [-0.4, -0.2) is 17.4 Å². The molecule has 1 rings (SSSR count). The molecule has 8 heteroatoms. The zero-order chi connectivity index (χ0) is 16.2. The summed E-state index contributed by atoms with van der Waals surface area (Å²) in [6.07, 6.45) is 0.704. The molecule has 0 aliphatic carbocycles. The molecule has 0 bridgehead atoms. The molecule has 21 heavy (non-hydrogen) atoms. The highest BCUT2D eigenvalue weighted by atomic mass is 19.1. The SMILES string of the molecule is CC(C)(C)CCNC(=O)c1cc(NN)c(F)cc1[N+](=O)[O-]. The molecule has 1 amide bonds. The van der Waals surface area contributed by atoms with Crippen LogP contribution in [-0.2, 0) is 0 Å². The normalized spacial score (nSPS) is 11.1. The Balaban J connectivity index is 2.99. The third-order valence-corrected chi connectivity index (χ3v) is 2.84. The number of benzene rings is 1. The number of hydrogen-bond acceptors (Lipinski definition) is 5. The number of rotatable bonds is 5. The maximum Gasteiger partial charge on any atom is 0.285 e. The number of nitro benzene ring substituents is 1. The van der Waals surface area contributed by atoms with Crippen LogP contribution in [0.15, 0.2) is 12.1 Å². The number of nitrogens with zero attached hydrogens (tertiary/aromatic N) is 1. The van der Waals surface area contributed by atoms with Crippen LogP contribution >= 0.6 is 0 Å². The Hall–Kier alpha value is -2.22. The van der Waals surface area contributed by atoms with Gasteiger partial charge in [0.05, 0.1) is 16.7 Å². The van der Waals surface area contributed by atoms with E-state index in [9.17, 15) is 19.3 Å². The Kier molecular flexibility index (Phi) is 5.20. The number of nitrogens with two attached hydrogens (primary N) is 1. The molecule has 1 aromatic rings. The predicted molar refractivity (Wildman–Crippen MR) is 77.3 cm³/mol. The number of hydrazine groups is 1. The van der Waals surface area contributed by atoms with Gasteiger partial charge in [0, 0.05) is 6.54 Å². The molecule has 0 aliphatic heterocycles. The Morgan fingerprint density at radius 3 is 2.52 bits per heavy atom. The summed E-state index contributed by atoms with van der Waals surface area (Å²) in [4.78, 5) is 22.1. The van der Waals surface area contributed by atoms with Crippen molar-refractivity contribution in [3.63, 3.8) is 0 Å². The van der Waals surface area contributed by atoms with Crippen molar-refractivity contribution in [3.05, 3.63) is 33.6 Å². The van der Waals surface area contributed by atoms with E-state index in [4.69, 9.17) is 5.84 Å². The summed E-state index contributed by atoms with van der Waals surface area (Å²) < 4.78 is 13.5. The lowest BCUT2D eigenvalue weighted by Crippen LogP contribution is -2.28. The van der Waals surface area contributed by atoms with Crippen LogP contribution in [0.5, 0.6) is 0 Å². The number of nitrogens with one attached hydrogen (secondary N) is 2. The van der Waals surface area contributed by atoms with Gasteiger partial charge in [0.25, 0.3) is 11.6 Å². The zero-order valence-corrected chi connectivity index (χ0v) is 12.2. The van der Waals surface area contributed by atoms with E-state index >= 15 is 0 Å². The first kappa shape index (κ1) is 16.8. The van der Waals surface area contributed by atoms with Crippen molar-refractivity contribution >= 4 is 17.3 Å². The lowest BCUT2D eigenvalue weighted by atomic mass is 9.92. The quantitative estimate of drug-likeness (QED) is 0.438. The second-order valence-corrected chi connectivity index (χ2v) is 5.82. The number of hydrogen-bond donors (Lipinski definition) is 3. The summed E-state index contributed by atoms with van der Waals surface area (Å²) in [6.45, 7) is 6.39. The van der Waals surface area contributed by atoms with E-state index in [0.29, 0.717) is 19.0 Å². The molecule has 116 valence electrons. The summed E-state index contributed by atoms with van der Waals surface area (Å²) in [6, 6.07) is 1.70. The molecule has 1 aromatic carbocycles. The second kappa shape index (κ2) is 6.49. The van der Waals surface area contributed by atoms with Crippen LogP contribution < -0.4 is 16.6 Å². The molecule has 0 fully saturated rings. The van der Waals surface area contributed by atoms with Gasteiger partial charge in [-0.05, 0) is 17.9 Å². The minimum atomic E-state index is -0.893. The zero-order valence-electron chi connectivity index (χ0n) is 12.2. The molecule has 7 nitrogen and oxygen atoms in total. The molecule has 0 unspecified atom stereocenters. The van der Waals surface area contributed by atoms with Crippen molar-refractivity contribution in [2.45, 2.75) is 27.2 Å². The standard InChI is InChI=1S/C13H19FN4O3/c1-13(2,3)4-5-16-12(19)8-6-10(17-15)9(14)7-11(8)18(20)21/h6-7,17H,4-5,15H2,1-3H3,(H,16,19). The van der Waals surface area contributed by atoms with Gasteiger partial charge >= 0.3 is 0 Å². The Morgan fingerprint density at radius 1 is 1.43 bits per heavy atom. The highest BCUT2D eigenvalue weighted by molar-refractivity contribution is 5.99. The van der Waals surface area contributed by atoms with Gasteiger partial charge in [-0.2, -0.15) is 0 Å². The van der Waals surface area contributed by atoms with Crippen LogP contribution in [0.3, 0.4) is 0 Å². The fourth-order valence-corrected chi connectivity index (χ4v) is 1.65. The number of amides is 1. The van der Waals surface area contributed by atoms with Crippen LogP contribution in [0, 0.1) is 21.3 Å². The molecule has 0 radical (unpaired) electrons. The van der Waals surface area contributed by atoms with E-state index in [0.717, 1.165) is 6.07 Å². The van der Waals surface area contributed by atoms with E-state index in [1.54, 1.807) is 0 Å². The molecule has 0 heterocycles. The van der Waals surface area contributed by atoms with Crippen molar-refractivity contribution in [1.29, 1.82) is 0 Å². The van der Waals surface area contributed by atoms with E-state index < -0.39 is 22.3 Å². The third-order valence-electron chi connectivity index (χ3n) is 2.84. The molecule has 0 atom stereocenters. The molecule has 0 saturated heterocycles. The first-order valence-corrected chi connectivity index (χ1v) is 6.38. The number of halogens is 1. The minimum absolute atomic E-state index is 0.0198. The van der Waals surface area contributed by atoms with Crippen LogP contribution in [0.4, 0.5) is 15.8 Å². The Labute approximate surface area is 121 Å². The van der Waals surface area contributed by atoms with Crippen molar-refractivity contribution in [2.75, 3.05) is 12.0 Å². The smallest absolute Gasteiger partial charge is 0.285 e. The number of nitro groups is 1. The van der Waals surface area contributed by atoms with Crippen molar-refractivity contribution in [2.24, 2.45) is 11.3 Å². The molecule has 0 saturated carbocycles. The molecule has 4 N–H and O–H groups in total. The van der Waals surface area contributed by atoms with Gasteiger partial charge in [0.15, 0.2) is 5.82 Å². The molecular formula is C13H19FN4O3. The van der Waals surface area contributed by atoms with Crippen molar-refractivity contribution in [3.8, 4) is 0 Å². The van der Waals surface area contributed by atoms with Gasteiger partial charge in [-0.25, -0.2) is 4.39 Å². The minimum Gasteiger partial charge on any atom is -0.352 e. The molecule has 0 aromatic heterocycles. The van der Waals surface area contributed by atoms with Crippen LogP contribution in [0.1, 0.15) is 37.6 Å². The lowest BCUT2D eigenvalue weighted by Gasteiger charge is -2.18. The molecule has 0 aliphatic rings. The maximum atomic E-state index is 13.5. The van der Waals surface area contributed by atoms with E-state index in [2.05, 4.69) is 10.7 Å². The molecular weight excluding hydrogens is 279 g/mol. The summed E-state index contributed by atoms with van der Waals surface area (Å²) in [5.74, 6) is 3.58. The third kappa shape index (κ3) is 4.67. The van der Waals surface area contributed by atoms with Gasteiger partial charge in [0.2, 0.25) is 0 Å². The fourth-order valence-electron chi connectivity index (χ4n) is 1.65. The Bertz CT molecular complexity index is 555. The van der Waals surface area contributed by atoms with Gasteiger partial charge in [0.1, 0.15) is 5.56 Å². The van der Waals surface area contributed by atoms with Crippen LogP contribution in [0.2, 0.25) is 0 Å². The van der Waals surface area contributed by atoms with Gasteiger partial charge in [-0.1, -0.05) is 20.8 Å². The highest BCUT2D eigenvalue weighted by Gasteiger charge is 2.23. The average molecular weight is 298 g/mol. The summed E-state index contributed by atoms with van der Waals surface area (Å²) in [7, 11) is 0. The number of carbonyl (C=O) groups excluding carboxylic acids is 1. The topological polar surface area (TPSA) is 110 Å². The lowest BCUT2D eigenvalue weighted by molar-refractivity contribution is -0.385. The number of anilines is 1. The maximum absolute atomic E-state index is 13.5. The number of nitrogen functional groups attached to an aromatic ring is 1. The second-order valence-electron chi connectivity index (χ2n) is 5.82.